The van der Waals surface area contributed by atoms with Gasteiger partial charge in [-0.2, -0.15) is 0 Å². The van der Waals surface area contributed by atoms with E-state index in [0.717, 1.165) is 33.3 Å². The minimum atomic E-state index is 0.910. The van der Waals surface area contributed by atoms with E-state index in [2.05, 4.69) is 167 Å². The molecule has 49 heavy (non-hydrogen) atoms. The smallest absolute Gasteiger partial charge is 0.136 e. The fraction of sp³-hybridized carbons (Fsp3) is 0. The van der Waals surface area contributed by atoms with Crippen molar-refractivity contribution in [2.45, 2.75) is 0 Å². The predicted octanol–water partition coefficient (Wildman–Crippen LogP) is 12.6. The molecule has 0 unspecified atom stereocenters. The quantitative estimate of drug-likeness (QED) is 0.188. The first-order valence-corrected chi connectivity index (χ1v) is 16.9. The van der Waals surface area contributed by atoms with Gasteiger partial charge in [0, 0.05) is 43.7 Å². The standard InChI is InChI=1S/C46H26N2O/c1-2-12-28(13-3-1)47-38-18-6-4-14-31(38)34-22-23-36-43-39(24-25-41-44(43)35-15-5-7-19-40(35)49-41)48(46(36)45(34)47)29-20-21-30-32-16-8-10-27-11-9-17-33(42(27)32)37(30)26-29/h1-26H. The van der Waals surface area contributed by atoms with E-state index in [9.17, 15) is 0 Å². The Labute approximate surface area is 280 Å². The molecule has 226 valence electrons. The van der Waals surface area contributed by atoms with Crippen molar-refractivity contribution in [1.29, 1.82) is 0 Å². The summed E-state index contributed by atoms with van der Waals surface area (Å²) in [5, 5.41) is 9.85. The van der Waals surface area contributed by atoms with Gasteiger partial charge in [0.15, 0.2) is 0 Å². The van der Waals surface area contributed by atoms with Crippen LogP contribution in [0, 0.1) is 0 Å². The van der Waals surface area contributed by atoms with Crippen LogP contribution >= 0.6 is 0 Å². The van der Waals surface area contributed by atoms with Crippen molar-refractivity contribution in [3.8, 4) is 33.6 Å². The number of hydrogen-bond acceptors (Lipinski definition) is 1. The molecule has 0 N–H and O–H groups in total. The number of fused-ring (bicyclic) bond motifs is 14. The van der Waals surface area contributed by atoms with Crippen molar-refractivity contribution in [3.05, 3.63) is 158 Å². The minimum absolute atomic E-state index is 0.910. The highest BCUT2D eigenvalue weighted by Crippen LogP contribution is 2.50. The minimum Gasteiger partial charge on any atom is -0.456 e. The van der Waals surface area contributed by atoms with Gasteiger partial charge in [-0.3, -0.25) is 0 Å². The zero-order valence-corrected chi connectivity index (χ0v) is 26.3. The fourth-order valence-electron chi connectivity index (χ4n) is 8.89. The van der Waals surface area contributed by atoms with Gasteiger partial charge >= 0.3 is 0 Å². The monoisotopic (exact) mass is 622 g/mol. The van der Waals surface area contributed by atoms with E-state index in [1.165, 1.54) is 76.6 Å². The maximum Gasteiger partial charge on any atom is 0.136 e. The summed E-state index contributed by atoms with van der Waals surface area (Å²) in [4.78, 5) is 0. The molecule has 12 rings (SSSR count). The van der Waals surface area contributed by atoms with E-state index >= 15 is 0 Å². The molecule has 0 fully saturated rings. The summed E-state index contributed by atoms with van der Waals surface area (Å²) >= 11 is 0. The molecule has 8 aromatic carbocycles. The number of rotatable bonds is 2. The van der Waals surface area contributed by atoms with Gasteiger partial charge in [-0.1, -0.05) is 109 Å². The lowest BCUT2D eigenvalue weighted by Gasteiger charge is -2.14. The van der Waals surface area contributed by atoms with Crippen molar-refractivity contribution in [2.75, 3.05) is 0 Å². The summed E-state index contributed by atoms with van der Waals surface area (Å²) in [5.41, 5.74) is 14.1. The second kappa shape index (κ2) is 9.06. The third kappa shape index (κ3) is 3.17. The zero-order valence-electron chi connectivity index (χ0n) is 26.3. The van der Waals surface area contributed by atoms with Crippen LogP contribution in [0.25, 0.3) is 110 Å². The second-order valence-electron chi connectivity index (χ2n) is 13.3. The Balaban J connectivity index is 1.31. The average molecular weight is 623 g/mol. The Kier molecular flexibility index (Phi) is 4.72. The van der Waals surface area contributed by atoms with Crippen LogP contribution in [0.15, 0.2) is 162 Å². The number of hydrogen-bond donors (Lipinski definition) is 0. The van der Waals surface area contributed by atoms with Crippen LogP contribution in [-0.2, 0) is 0 Å². The molecule has 0 aliphatic heterocycles. The molecule has 3 heterocycles. The van der Waals surface area contributed by atoms with Crippen molar-refractivity contribution in [2.24, 2.45) is 0 Å². The maximum atomic E-state index is 6.47. The van der Waals surface area contributed by atoms with Crippen molar-refractivity contribution in [1.82, 2.24) is 9.13 Å². The third-order valence-corrected chi connectivity index (χ3v) is 10.8. The molecule has 3 nitrogen and oxygen atoms in total. The molecular weight excluding hydrogens is 597 g/mol. The van der Waals surface area contributed by atoms with Gasteiger partial charge in [0.1, 0.15) is 11.2 Å². The van der Waals surface area contributed by atoms with E-state index in [-0.39, 0.29) is 0 Å². The van der Waals surface area contributed by atoms with Gasteiger partial charge in [-0.05, 0) is 81.6 Å². The highest BCUT2D eigenvalue weighted by molar-refractivity contribution is 6.31. The summed E-state index contributed by atoms with van der Waals surface area (Å²) < 4.78 is 11.4. The number of furan rings is 1. The van der Waals surface area contributed by atoms with Crippen LogP contribution in [-0.4, -0.2) is 9.13 Å². The number of benzene rings is 8. The van der Waals surface area contributed by atoms with Gasteiger partial charge in [-0.25, -0.2) is 0 Å². The van der Waals surface area contributed by atoms with E-state index in [4.69, 9.17) is 4.42 Å². The third-order valence-electron chi connectivity index (χ3n) is 10.8. The summed E-state index contributed by atoms with van der Waals surface area (Å²) in [5.74, 6) is 0. The molecule has 0 amide bonds. The Morgan fingerprint density at radius 3 is 1.94 bits per heavy atom. The summed E-state index contributed by atoms with van der Waals surface area (Å²) in [6.07, 6.45) is 0. The molecule has 0 bridgehead atoms. The number of para-hydroxylation sites is 3. The van der Waals surface area contributed by atoms with Crippen LogP contribution in [0.3, 0.4) is 0 Å². The molecule has 11 aromatic rings. The van der Waals surface area contributed by atoms with E-state index in [1.54, 1.807) is 0 Å². The Morgan fingerprint density at radius 1 is 0.347 bits per heavy atom. The molecule has 0 atom stereocenters. The van der Waals surface area contributed by atoms with Crippen LogP contribution in [0.2, 0.25) is 0 Å². The van der Waals surface area contributed by atoms with Crippen LogP contribution in [0.1, 0.15) is 0 Å². The Hall–Kier alpha value is -6.58. The number of aromatic nitrogens is 2. The van der Waals surface area contributed by atoms with Crippen LogP contribution < -0.4 is 0 Å². The Bertz CT molecular complexity index is 3200. The van der Waals surface area contributed by atoms with Gasteiger partial charge in [0.2, 0.25) is 0 Å². The van der Waals surface area contributed by atoms with E-state index in [1.807, 2.05) is 0 Å². The molecule has 0 saturated heterocycles. The van der Waals surface area contributed by atoms with Crippen LogP contribution in [0.4, 0.5) is 0 Å². The normalized spacial score (nSPS) is 12.5. The van der Waals surface area contributed by atoms with E-state index < -0.39 is 0 Å². The molecule has 0 saturated carbocycles. The molecule has 3 aromatic heterocycles. The lowest BCUT2D eigenvalue weighted by atomic mass is 10.0. The van der Waals surface area contributed by atoms with Crippen LogP contribution in [0.5, 0.6) is 0 Å². The SMILES string of the molecule is c1ccc(-n2c3ccccc3c3ccc4c5c6c(ccc5n(-c5ccc7c(c5)-c5cccc8cccc-7c58)c4c32)oc2ccccc26)cc1. The van der Waals surface area contributed by atoms with Gasteiger partial charge in [-0.15, -0.1) is 0 Å². The predicted molar refractivity (Wildman–Crippen MR) is 204 cm³/mol. The first kappa shape index (κ1) is 25.5. The zero-order chi connectivity index (χ0) is 31.8. The number of nitrogens with zero attached hydrogens (tertiary/aromatic N) is 2. The van der Waals surface area contributed by atoms with Crippen molar-refractivity contribution < 1.29 is 4.42 Å². The maximum absolute atomic E-state index is 6.47. The first-order valence-electron chi connectivity index (χ1n) is 16.9. The first-order chi connectivity index (χ1) is 24.3. The Morgan fingerprint density at radius 2 is 1.06 bits per heavy atom. The van der Waals surface area contributed by atoms with Gasteiger partial charge < -0.3 is 13.6 Å². The molecule has 0 spiro atoms. The summed E-state index contributed by atoms with van der Waals surface area (Å²) in [6.45, 7) is 0. The van der Waals surface area contributed by atoms with Crippen molar-refractivity contribution >= 4 is 76.3 Å². The van der Waals surface area contributed by atoms with Crippen molar-refractivity contribution in [3.63, 3.8) is 0 Å². The van der Waals surface area contributed by atoms with E-state index in [0.29, 0.717) is 0 Å². The van der Waals surface area contributed by atoms with Gasteiger partial charge in [0.05, 0.1) is 22.1 Å². The summed E-state index contributed by atoms with van der Waals surface area (Å²) in [6, 6.07) is 57.5. The highest BCUT2D eigenvalue weighted by Gasteiger charge is 2.26. The topological polar surface area (TPSA) is 23.0 Å². The average Bonchev–Trinajstić information content (AvgIpc) is 3.89. The second-order valence-corrected chi connectivity index (χ2v) is 13.3. The molecule has 3 heteroatoms. The lowest BCUT2D eigenvalue weighted by Crippen LogP contribution is -1.99. The lowest BCUT2D eigenvalue weighted by molar-refractivity contribution is 0.669. The molecule has 0 radical (unpaired) electrons. The largest absolute Gasteiger partial charge is 0.456 e. The highest BCUT2D eigenvalue weighted by atomic mass is 16.3. The van der Waals surface area contributed by atoms with Gasteiger partial charge in [0.25, 0.3) is 0 Å². The molecule has 1 aliphatic carbocycles. The summed E-state index contributed by atoms with van der Waals surface area (Å²) in [7, 11) is 0. The molecular formula is C46H26N2O. The molecule has 1 aliphatic rings. The fourth-order valence-corrected chi connectivity index (χ4v) is 8.89.